The molecule has 5 rings (SSSR count). The summed E-state index contributed by atoms with van der Waals surface area (Å²) in [4.78, 5) is 15.8. The van der Waals surface area contributed by atoms with Crippen molar-refractivity contribution in [2.45, 2.75) is 57.5 Å². The average Bonchev–Trinajstić information content (AvgIpc) is 3.15. The number of hydrogen-bond donors (Lipinski definition) is 1. The molecule has 1 aliphatic carbocycles. The number of aromatic nitrogens is 4. The molecule has 2 aliphatic rings. The van der Waals surface area contributed by atoms with E-state index in [9.17, 15) is 4.79 Å². The molecule has 1 N–H and O–H groups in total. The minimum atomic E-state index is -0.0163. The summed E-state index contributed by atoms with van der Waals surface area (Å²) in [6, 6.07) is 11.8. The number of rotatable bonds is 5. The summed E-state index contributed by atoms with van der Waals surface area (Å²) in [5, 5.41) is 13.0. The number of benzene rings is 1. The Kier molecular flexibility index (Phi) is 6.31. The predicted octanol–water partition coefficient (Wildman–Crippen LogP) is 4.27. The Balaban J connectivity index is 1.37. The number of carbonyl (C=O) groups is 1. The van der Waals surface area contributed by atoms with Crippen LogP contribution in [0.3, 0.4) is 0 Å². The summed E-state index contributed by atoms with van der Waals surface area (Å²) < 4.78 is 8.32. The fourth-order valence-corrected chi connectivity index (χ4v) is 5.22. The number of carbonyl (C=O) groups excluding carboxylic acids is 1. The summed E-state index contributed by atoms with van der Waals surface area (Å²) in [5.41, 5.74) is 2.27. The molecule has 1 amide bonds. The van der Waals surface area contributed by atoms with Crippen LogP contribution < -0.4 is 10.1 Å². The third kappa shape index (κ3) is 4.88. The number of ether oxygens (including phenoxy) is 1. The first-order valence-electron chi connectivity index (χ1n) is 11.6. The molecular formula is C25H28ClN5O2. The van der Waals surface area contributed by atoms with Gasteiger partial charge in [0.05, 0.1) is 5.69 Å². The van der Waals surface area contributed by atoms with Gasteiger partial charge >= 0.3 is 0 Å². The molecule has 172 valence electrons. The van der Waals surface area contributed by atoms with Gasteiger partial charge in [0, 0.05) is 43.1 Å². The van der Waals surface area contributed by atoms with Crippen LogP contribution in [-0.2, 0) is 17.6 Å². The molecule has 3 aromatic rings. The first-order chi connectivity index (χ1) is 16.1. The number of hydrogen-bond acceptors (Lipinski definition) is 5. The van der Waals surface area contributed by atoms with E-state index in [1.165, 1.54) is 5.56 Å². The Morgan fingerprint density at radius 3 is 2.76 bits per heavy atom. The van der Waals surface area contributed by atoms with Gasteiger partial charge < -0.3 is 10.1 Å². The molecule has 1 unspecified atom stereocenters. The van der Waals surface area contributed by atoms with Gasteiger partial charge in [0.25, 0.3) is 0 Å². The summed E-state index contributed by atoms with van der Waals surface area (Å²) >= 11 is 6.35. The smallest absolute Gasteiger partial charge is 0.216 e. The van der Waals surface area contributed by atoms with Gasteiger partial charge in [0.1, 0.15) is 17.8 Å². The fraction of sp³-hybridized carbons (Fsp3) is 0.440. The number of nitrogens with zero attached hydrogens (tertiary/aromatic N) is 4. The quantitative estimate of drug-likeness (QED) is 0.608. The van der Waals surface area contributed by atoms with Gasteiger partial charge in [-0.2, -0.15) is 0 Å². The highest BCUT2D eigenvalue weighted by Crippen LogP contribution is 2.37. The summed E-state index contributed by atoms with van der Waals surface area (Å²) in [7, 11) is 0. The summed E-state index contributed by atoms with van der Waals surface area (Å²) in [6.07, 6.45) is 7.44. The van der Waals surface area contributed by atoms with E-state index in [0.717, 1.165) is 60.9 Å². The molecule has 0 radical (unpaired) electrons. The van der Waals surface area contributed by atoms with E-state index in [1.807, 2.05) is 30.3 Å². The Morgan fingerprint density at radius 2 is 2.00 bits per heavy atom. The lowest BCUT2D eigenvalue weighted by atomic mass is 9.86. The molecule has 1 atom stereocenters. The van der Waals surface area contributed by atoms with Crippen molar-refractivity contribution in [2.24, 2.45) is 5.92 Å². The van der Waals surface area contributed by atoms with Crippen LogP contribution in [-0.4, -0.2) is 38.3 Å². The lowest BCUT2D eigenvalue weighted by Crippen LogP contribution is -2.29. The molecule has 1 saturated carbocycles. The second kappa shape index (κ2) is 9.51. The first kappa shape index (κ1) is 21.9. The van der Waals surface area contributed by atoms with Crippen LogP contribution in [0.4, 0.5) is 0 Å². The number of amides is 1. The van der Waals surface area contributed by atoms with Crippen LogP contribution in [0.1, 0.15) is 55.7 Å². The number of pyridine rings is 1. The monoisotopic (exact) mass is 465 g/mol. The highest BCUT2D eigenvalue weighted by molar-refractivity contribution is 6.30. The molecule has 0 saturated heterocycles. The van der Waals surface area contributed by atoms with Crippen molar-refractivity contribution in [1.29, 1.82) is 0 Å². The fourth-order valence-electron chi connectivity index (χ4n) is 5.03. The molecular weight excluding hydrogens is 438 g/mol. The number of fused-ring (bicyclic) bond motifs is 3. The minimum absolute atomic E-state index is 0.0163. The molecule has 1 aromatic carbocycles. The summed E-state index contributed by atoms with van der Waals surface area (Å²) in [6.45, 7) is 2.16. The number of nitrogens with one attached hydrogen (secondary N) is 1. The third-order valence-electron chi connectivity index (χ3n) is 6.62. The van der Waals surface area contributed by atoms with E-state index in [0.29, 0.717) is 18.3 Å². The van der Waals surface area contributed by atoms with Crippen LogP contribution in [0.25, 0.3) is 5.69 Å². The van der Waals surface area contributed by atoms with Crippen molar-refractivity contribution in [2.75, 3.05) is 6.54 Å². The topological polar surface area (TPSA) is 81.9 Å². The maximum atomic E-state index is 11.5. The van der Waals surface area contributed by atoms with E-state index >= 15 is 0 Å². The van der Waals surface area contributed by atoms with E-state index in [2.05, 4.69) is 31.1 Å². The lowest BCUT2D eigenvalue weighted by molar-refractivity contribution is -0.119. The highest BCUT2D eigenvalue weighted by atomic mass is 35.5. The maximum absolute atomic E-state index is 11.5. The van der Waals surface area contributed by atoms with Gasteiger partial charge in [0.15, 0.2) is 0 Å². The van der Waals surface area contributed by atoms with Crippen LogP contribution in [0.5, 0.6) is 5.88 Å². The van der Waals surface area contributed by atoms with E-state index in [4.69, 9.17) is 16.3 Å². The van der Waals surface area contributed by atoms with Gasteiger partial charge in [-0.15, -0.1) is 10.2 Å². The maximum Gasteiger partial charge on any atom is 0.216 e. The van der Waals surface area contributed by atoms with Crippen LogP contribution in [0, 0.1) is 5.92 Å². The zero-order valence-corrected chi connectivity index (χ0v) is 19.5. The zero-order valence-electron chi connectivity index (χ0n) is 18.7. The molecule has 0 spiro atoms. The molecule has 2 aromatic heterocycles. The highest BCUT2D eigenvalue weighted by Gasteiger charge is 2.31. The second-order valence-electron chi connectivity index (χ2n) is 9.05. The molecule has 3 heterocycles. The number of halogens is 1. The molecule has 0 bridgehead atoms. The van der Waals surface area contributed by atoms with Crippen LogP contribution in [0.15, 0.2) is 42.6 Å². The van der Waals surface area contributed by atoms with Crippen molar-refractivity contribution in [3.05, 3.63) is 64.8 Å². The predicted molar refractivity (Wildman–Crippen MR) is 126 cm³/mol. The van der Waals surface area contributed by atoms with E-state index in [-0.39, 0.29) is 17.9 Å². The zero-order chi connectivity index (χ0) is 22.8. The van der Waals surface area contributed by atoms with Gasteiger partial charge in [0.2, 0.25) is 11.8 Å². The lowest BCUT2D eigenvalue weighted by Gasteiger charge is -2.28. The van der Waals surface area contributed by atoms with Crippen molar-refractivity contribution in [1.82, 2.24) is 25.1 Å². The minimum Gasteiger partial charge on any atom is -0.474 e. The van der Waals surface area contributed by atoms with Crippen molar-refractivity contribution in [3.8, 4) is 11.6 Å². The Hall–Kier alpha value is -2.93. The average molecular weight is 466 g/mol. The van der Waals surface area contributed by atoms with Crippen molar-refractivity contribution < 1.29 is 9.53 Å². The Bertz CT molecular complexity index is 1130. The van der Waals surface area contributed by atoms with Gasteiger partial charge in [-0.1, -0.05) is 17.7 Å². The third-order valence-corrected chi connectivity index (χ3v) is 6.86. The Labute approximate surface area is 198 Å². The van der Waals surface area contributed by atoms with Crippen LogP contribution >= 0.6 is 11.6 Å². The standard InChI is InChI=1S/C25H28ClN5O2/c1-16(32)28-15-17-12-19-14-20(26)7-10-22(19)31-23(13-17)29-30-25(31)18-5-8-21(9-6-18)33-24-4-2-3-11-27-24/h2-4,7,10-11,14,17-18,21H,5-6,8-9,12-13,15H2,1H3,(H,28,32). The molecule has 8 heteroatoms. The Morgan fingerprint density at radius 1 is 1.15 bits per heavy atom. The van der Waals surface area contributed by atoms with E-state index < -0.39 is 0 Å². The molecule has 33 heavy (non-hydrogen) atoms. The summed E-state index contributed by atoms with van der Waals surface area (Å²) in [5.74, 6) is 3.21. The normalized spacial score (nSPS) is 22.1. The first-order valence-corrected chi connectivity index (χ1v) is 12.0. The SMILES string of the molecule is CC(=O)NCC1Cc2cc(Cl)ccc2-n2c(nnc2C2CCC(Oc3ccccn3)CC2)C1. The molecule has 1 fully saturated rings. The van der Waals surface area contributed by atoms with Gasteiger partial charge in [-0.05, 0) is 67.9 Å². The van der Waals surface area contributed by atoms with Crippen molar-refractivity contribution >= 4 is 17.5 Å². The van der Waals surface area contributed by atoms with Crippen LogP contribution in [0.2, 0.25) is 5.02 Å². The molecule has 7 nitrogen and oxygen atoms in total. The van der Waals surface area contributed by atoms with Crippen molar-refractivity contribution in [3.63, 3.8) is 0 Å². The second-order valence-corrected chi connectivity index (χ2v) is 9.49. The van der Waals surface area contributed by atoms with Gasteiger partial charge in [-0.3, -0.25) is 9.36 Å². The molecule has 1 aliphatic heterocycles. The largest absolute Gasteiger partial charge is 0.474 e. The van der Waals surface area contributed by atoms with E-state index in [1.54, 1.807) is 13.1 Å². The van der Waals surface area contributed by atoms with Gasteiger partial charge in [-0.25, -0.2) is 4.98 Å².